The smallest absolute Gasteiger partial charge is 0.228 e. The second-order valence-electron chi connectivity index (χ2n) is 4.73. The molecule has 2 heterocycles. The summed E-state index contributed by atoms with van der Waals surface area (Å²) < 4.78 is 6.83. The summed E-state index contributed by atoms with van der Waals surface area (Å²) in [4.78, 5) is 16.1. The molecule has 0 aliphatic carbocycles. The molecule has 23 heavy (non-hydrogen) atoms. The van der Waals surface area contributed by atoms with E-state index in [0.29, 0.717) is 11.4 Å². The Morgan fingerprint density at radius 2 is 2.26 bits per heavy atom. The van der Waals surface area contributed by atoms with Crippen LogP contribution >= 0.6 is 0 Å². The van der Waals surface area contributed by atoms with Crippen molar-refractivity contribution in [2.45, 2.75) is 6.42 Å². The standard InChI is InChI=1S/C15H14N6O2/c1-23-14-8-12(21-10-17-19-20-21)4-5-13(14)18-15(22)7-11-3-2-6-16-9-11/h2-6,8-10H,7H2,1H3,(H,18,22). The maximum Gasteiger partial charge on any atom is 0.228 e. The zero-order valence-electron chi connectivity index (χ0n) is 12.4. The Hall–Kier alpha value is -3.29. The summed E-state index contributed by atoms with van der Waals surface area (Å²) in [6.07, 6.45) is 5.06. The number of amides is 1. The quantitative estimate of drug-likeness (QED) is 0.762. The molecule has 0 saturated heterocycles. The van der Waals surface area contributed by atoms with E-state index in [1.165, 1.54) is 18.1 Å². The molecule has 1 aromatic carbocycles. The van der Waals surface area contributed by atoms with Crippen molar-refractivity contribution in [3.05, 3.63) is 54.6 Å². The first kappa shape index (κ1) is 14.6. The lowest BCUT2D eigenvalue weighted by atomic mass is 10.2. The van der Waals surface area contributed by atoms with Gasteiger partial charge in [0.15, 0.2) is 0 Å². The Morgan fingerprint density at radius 3 is 2.96 bits per heavy atom. The van der Waals surface area contributed by atoms with Gasteiger partial charge < -0.3 is 10.1 Å². The number of ether oxygens (including phenoxy) is 1. The fourth-order valence-corrected chi connectivity index (χ4v) is 2.09. The molecule has 3 rings (SSSR count). The van der Waals surface area contributed by atoms with E-state index in [4.69, 9.17) is 4.74 Å². The number of hydrogen-bond donors (Lipinski definition) is 1. The summed E-state index contributed by atoms with van der Waals surface area (Å²) in [5, 5.41) is 13.8. The number of aromatic nitrogens is 5. The van der Waals surface area contributed by atoms with Crippen molar-refractivity contribution in [1.29, 1.82) is 0 Å². The van der Waals surface area contributed by atoms with Gasteiger partial charge in [-0.2, -0.15) is 0 Å². The first-order valence-corrected chi connectivity index (χ1v) is 6.86. The highest BCUT2D eigenvalue weighted by Gasteiger charge is 2.10. The van der Waals surface area contributed by atoms with E-state index in [0.717, 1.165) is 11.3 Å². The number of tetrazole rings is 1. The van der Waals surface area contributed by atoms with Crippen LogP contribution in [0, 0.1) is 0 Å². The van der Waals surface area contributed by atoms with Gasteiger partial charge >= 0.3 is 0 Å². The molecule has 1 N–H and O–H groups in total. The van der Waals surface area contributed by atoms with Gasteiger partial charge in [-0.1, -0.05) is 6.07 Å². The highest BCUT2D eigenvalue weighted by atomic mass is 16.5. The second-order valence-corrected chi connectivity index (χ2v) is 4.73. The Balaban J connectivity index is 1.76. The Kier molecular flexibility index (Phi) is 4.23. The topological polar surface area (TPSA) is 94.8 Å². The number of carbonyl (C=O) groups is 1. The lowest BCUT2D eigenvalue weighted by Crippen LogP contribution is -2.15. The number of benzene rings is 1. The average Bonchev–Trinajstić information content (AvgIpc) is 3.10. The van der Waals surface area contributed by atoms with E-state index in [1.807, 2.05) is 6.07 Å². The molecule has 0 spiro atoms. The molecule has 3 aromatic rings. The molecular formula is C15H14N6O2. The van der Waals surface area contributed by atoms with Crippen molar-refractivity contribution in [3.63, 3.8) is 0 Å². The lowest BCUT2D eigenvalue weighted by Gasteiger charge is -2.11. The summed E-state index contributed by atoms with van der Waals surface area (Å²) in [6.45, 7) is 0. The van der Waals surface area contributed by atoms with Crippen molar-refractivity contribution in [2.24, 2.45) is 0 Å². The summed E-state index contributed by atoms with van der Waals surface area (Å²) >= 11 is 0. The van der Waals surface area contributed by atoms with Crippen LogP contribution in [0.3, 0.4) is 0 Å². The predicted molar refractivity (Wildman–Crippen MR) is 82.3 cm³/mol. The minimum Gasteiger partial charge on any atom is -0.494 e. The van der Waals surface area contributed by atoms with Gasteiger partial charge in [-0.3, -0.25) is 9.78 Å². The van der Waals surface area contributed by atoms with Gasteiger partial charge in [0, 0.05) is 18.5 Å². The van der Waals surface area contributed by atoms with Crippen molar-refractivity contribution < 1.29 is 9.53 Å². The van der Waals surface area contributed by atoms with Crippen LogP contribution < -0.4 is 10.1 Å². The molecule has 8 heteroatoms. The lowest BCUT2D eigenvalue weighted by molar-refractivity contribution is -0.115. The number of nitrogens with zero attached hydrogens (tertiary/aromatic N) is 5. The van der Waals surface area contributed by atoms with Crippen LogP contribution in [0.5, 0.6) is 5.75 Å². The molecule has 0 unspecified atom stereocenters. The maximum atomic E-state index is 12.1. The molecule has 0 aliphatic heterocycles. The molecule has 0 aliphatic rings. The van der Waals surface area contributed by atoms with Crippen molar-refractivity contribution >= 4 is 11.6 Å². The van der Waals surface area contributed by atoms with Gasteiger partial charge in [-0.15, -0.1) is 5.10 Å². The molecule has 8 nitrogen and oxygen atoms in total. The third-order valence-electron chi connectivity index (χ3n) is 3.16. The predicted octanol–water partition coefficient (Wildman–Crippen LogP) is 1.25. The van der Waals surface area contributed by atoms with Crippen LogP contribution in [0.4, 0.5) is 5.69 Å². The Labute approximate surface area is 132 Å². The number of rotatable bonds is 5. The van der Waals surface area contributed by atoms with Crippen LogP contribution in [-0.4, -0.2) is 38.2 Å². The van der Waals surface area contributed by atoms with Crippen LogP contribution in [0.25, 0.3) is 5.69 Å². The van der Waals surface area contributed by atoms with Crippen LogP contribution in [0.2, 0.25) is 0 Å². The Bertz CT molecular complexity index is 789. The van der Waals surface area contributed by atoms with Gasteiger partial charge in [-0.05, 0) is 34.2 Å². The highest BCUT2D eigenvalue weighted by molar-refractivity contribution is 5.93. The summed E-state index contributed by atoms with van der Waals surface area (Å²) in [5.41, 5.74) is 2.16. The van der Waals surface area contributed by atoms with Crippen LogP contribution in [-0.2, 0) is 11.2 Å². The van der Waals surface area contributed by atoms with E-state index < -0.39 is 0 Å². The monoisotopic (exact) mass is 310 g/mol. The first-order valence-electron chi connectivity index (χ1n) is 6.86. The Morgan fingerprint density at radius 1 is 1.35 bits per heavy atom. The molecular weight excluding hydrogens is 296 g/mol. The summed E-state index contributed by atoms with van der Waals surface area (Å²) in [6, 6.07) is 8.93. The van der Waals surface area contributed by atoms with Crippen LogP contribution in [0.15, 0.2) is 49.1 Å². The largest absolute Gasteiger partial charge is 0.494 e. The number of pyridine rings is 1. The van der Waals surface area contributed by atoms with Gasteiger partial charge in [0.05, 0.1) is 24.9 Å². The van der Waals surface area contributed by atoms with Crippen molar-refractivity contribution in [2.75, 3.05) is 12.4 Å². The fraction of sp³-hybridized carbons (Fsp3) is 0.133. The zero-order valence-corrected chi connectivity index (χ0v) is 12.4. The minimum absolute atomic E-state index is 0.147. The number of methoxy groups -OCH3 is 1. The summed E-state index contributed by atoms with van der Waals surface area (Å²) in [7, 11) is 1.54. The van der Waals surface area contributed by atoms with Crippen molar-refractivity contribution in [3.8, 4) is 11.4 Å². The number of carbonyl (C=O) groups excluding carboxylic acids is 1. The SMILES string of the molecule is COc1cc(-n2cnnn2)ccc1NC(=O)Cc1cccnc1. The number of nitrogens with one attached hydrogen (secondary N) is 1. The van der Waals surface area contributed by atoms with Gasteiger partial charge in [-0.25, -0.2) is 4.68 Å². The number of hydrogen-bond acceptors (Lipinski definition) is 6. The number of anilines is 1. The maximum absolute atomic E-state index is 12.1. The molecule has 0 fully saturated rings. The van der Waals surface area contributed by atoms with Gasteiger partial charge in [0.1, 0.15) is 12.1 Å². The second kappa shape index (κ2) is 6.65. The van der Waals surface area contributed by atoms with Crippen LogP contribution in [0.1, 0.15) is 5.56 Å². The first-order chi connectivity index (χ1) is 11.3. The molecule has 0 radical (unpaired) electrons. The van der Waals surface area contributed by atoms with E-state index in [-0.39, 0.29) is 12.3 Å². The van der Waals surface area contributed by atoms with Crippen molar-refractivity contribution in [1.82, 2.24) is 25.2 Å². The fourth-order valence-electron chi connectivity index (χ4n) is 2.09. The molecule has 2 aromatic heterocycles. The third kappa shape index (κ3) is 3.49. The normalized spacial score (nSPS) is 10.3. The molecule has 0 atom stereocenters. The third-order valence-corrected chi connectivity index (χ3v) is 3.16. The van der Waals surface area contributed by atoms with E-state index >= 15 is 0 Å². The minimum atomic E-state index is -0.147. The van der Waals surface area contributed by atoms with Gasteiger partial charge in [0.2, 0.25) is 5.91 Å². The van der Waals surface area contributed by atoms with E-state index in [9.17, 15) is 4.79 Å². The zero-order chi connectivity index (χ0) is 16.1. The molecule has 1 amide bonds. The average molecular weight is 310 g/mol. The highest BCUT2D eigenvalue weighted by Crippen LogP contribution is 2.27. The van der Waals surface area contributed by atoms with E-state index in [2.05, 4.69) is 25.8 Å². The summed E-state index contributed by atoms with van der Waals surface area (Å²) in [5.74, 6) is 0.379. The van der Waals surface area contributed by atoms with Gasteiger partial charge in [0.25, 0.3) is 0 Å². The molecule has 0 saturated carbocycles. The molecule has 0 bridgehead atoms. The van der Waals surface area contributed by atoms with E-state index in [1.54, 1.807) is 36.7 Å². The molecule has 116 valence electrons.